The van der Waals surface area contributed by atoms with Crippen LogP contribution in [0, 0.1) is 5.92 Å². The molecule has 0 radical (unpaired) electrons. The number of carboxylic acids is 1. The first-order valence-corrected chi connectivity index (χ1v) is 6.99. The molecule has 0 saturated heterocycles. The Hall–Kier alpha value is -1.07. The van der Waals surface area contributed by atoms with Gasteiger partial charge in [-0.1, -0.05) is 12.1 Å². The van der Waals surface area contributed by atoms with Gasteiger partial charge in [-0.05, 0) is 30.0 Å². The molecule has 0 heterocycles. The van der Waals surface area contributed by atoms with Gasteiger partial charge in [0.1, 0.15) is 0 Å². The van der Waals surface area contributed by atoms with Crippen molar-refractivity contribution in [2.45, 2.75) is 17.7 Å². The van der Waals surface area contributed by atoms with Gasteiger partial charge in [0.25, 0.3) is 9.05 Å². The number of carboxylic acid groups (broad SMARTS) is 1. The molecule has 0 aromatic heterocycles. The van der Waals surface area contributed by atoms with E-state index >= 15 is 0 Å². The zero-order valence-electron chi connectivity index (χ0n) is 8.18. The molecule has 86 valence electrons. The van der Waals surface area contributed by atoms with Crippen LogP contribution in [-0.2, 0) is 26.7 Å². The summed E-state index contributed by atoms with van der Waals surface area (Å²) in [5.74, 6) is -1.45. The summed E-state index contributed by atoms with van der Waals surface area (Å²) >= 11 is 0. The first kappa shape index (κ1) is 11.4. The highest BCUT2D eigenvalue weighted by atomic mass is 35.7. The van der Waals surface area contributed by atoms with E-state index in [1.165, 1.54) is 6.07 Å². The van der Waals surface area contributed by atoms with Gasteiger partial charge in [0.15, 0.2) is 0 Å². The molecule has 0 spiro atoms. The second-order valence-electron chi connectivity index (χ2n) is 3.78. The molecule has 16 heavy (non-hydrogen) atoms. The SMILES string of the molecule is O=C(O)C1Cc2cccc(S(=O)(=O)Cl)c2C1. The van der Waals surface area contributed by atoms with Crippen LogP contribution in [0.5, 0.6) is 0 Å². The van der Waals surface area contributed by atoms with Gasteiger partial charge in [-0.3, -0.25) is 4.79 Å². The summed E-state index contributed by atoms with van der Waals surface area (Å²) in [7, 11) is 1.50. The number of carbonyl (C=O) groups is 1. The van der Waals surface area contributed by atoms with Gasteiger partial charge < -0.3 is 5.11 Å². The molecular formula is C10H9ClO4S. The highest BCUT2D eigenvalue weighted by Gasteiger charge is 2.31. The Morgan fingerprint density at radius 3 is 2.62 bits per heavy atom. The topological polar surface area (TPSA) is 71.4 Å². The van der Waals surface area contributed by atoms with E-state index in [9.17, 15) is 13.2 Å². The molecule has 1 aromatic carbocycles. The summed E-state index contributed by atoms with van der Waals surface area (Å²) in [6, 6.07) is 4.73. The van der Waals surface area contributed by atoms with Crippen LogP contribution in [0.4, 0.5) is 0 Å². The lowest BCUT2D eigenvalue weighted by Gasteiger charge is -2.03. The molecule has 1 aliphatic carbocycles. The minimum absolute atomic E-state index is 0.0374. The van der Waals surface area contributed by atoms with Crippen LogP contribution in [0.15, 0.2) is 23.1 Å². The van der Waals surface area contributed by atoms with Crippen LogP contribution < -0.4 is 0 Å². The van der Waals surface area contributed by atoms with Crippen LogP contribution in [-0.4, -0.2) is 19.5 Å². The van der Waals surface area contributed by atoms with E-state index in [1.807, 2.05) is 0 Å². The lowest BCUT2D eigenvalue weighted by molar-refractivity contribution is -0.141. The molecule has 0 saturated carbocycles. The number of fused-ring (bicyclic) bond motifs is 1. The number of aliphatic carboxylic acids is 1. The minimum atomic E-state index is -3.80. The van der Waals surface area contributed by atoms with Gasteiger partial charge in [-0.2, -0.15) is 0 Å². The average Bonchev–Trinajstić information content (AvgIpc) is 2.58. The summed E-state index contributed by atoms with van der Waals surface area (Å²) < 4.78 is 22.6. The zero-order chi connectivity index (χ0) is 11.9. The Labute approximate surface area is 97.3 Å². The summed E-state index contributed by atoms with van der Waals surface area (Å²) in [5, 5.41) is 8.90. The second-order valence-corrected chi connectivity index (χ2v) is 6.31. The van der Waals surface area contributed by atoms with Crippen LogP contribution in [0.25, 0.3) is 0 Å². The van der Waals surface area contributed by atoms with Crippen molar-refractivity contribution >= 4 is 25.7 Å². The molecule has 0 bridgehead atoms. The molecule has 4 nitrogen and oxygen atoms in total. The molecule has 1 unspecified atom stereocenters. The molecule has 0 aliphatic heterocycles. The zero-order valence-corrected chi connectivity index (χ0v) is 9.75. The van der Waals surface area contributed by atoms with Gasteiger partial charge in [0, 0.05) is 10.7 Å². The molecule has 1 atom stereocenters. The van der Waals surface area contributed by atoms with E-state index in [0.29, 0.717) is 12.0 Å². The van der Waals surface area contributed by atoms with E-state index < -0.39 is 20.9 Å². The Bertz CT molecular complexity index is 550. The summed E-state index contributed by atoms with van der Waals surface area (Å²) in [6.45, 7) is 0. The molecule has 2 rings (SSSR count). The number of halogens is 1. The fraction of sp³-hybridized carbons (Fsp3) is 0.300. The van der Waals surface area contributed by atoms with E-state index in [0.717, 1.165) is 5.56 Å². The highest BCUT2D eigenvalue weighted by Crippen LogP contribution is 2.33. The van der Waals surface area contributed by atoms with Crippen LogP contribution in [0.1, 0.15) is 11.1 Å². The number of hydrogen-bond donors (Lipinski definition) is 1. The monoisotopic (exact) mass is 260 g/mol. The molecule has 1 aliphatic rings. The first-order valence-electron chi connectivity index (χ1n) is 4.68. The van der Waals surface area contributed by atoms with Crippen molar-refractivity contribution in [1.29, 1.82) is 0 Å². The molecule has 1 N–H and O–H groups in total. The summed E-state index contributed by atoms with van der Waals surface area (Å²) in [4.78, 5) is 10.9. The highest BCUT2D eigenvalue weighted by molar-refractivity contribution is 8.13. The summed E-state index contributed by atoms with van der Waals surface area (Å²) in [5.41, 5.74) is 1.30. The number of hydrogen-bond acceptors (Lipinski definition) is 3. The van der Waals surface area contributed by atoms with Crippen molar-refractivity contribution < 1.29 is 18.3 Å². The molecule has 6 heteroatoms. The smallest absolute Gasteiger partial charge is 0.307 e. The molecule has 1 aromatic rings. The van der Waals surface area contributed by atoms with Crippen molar-refractivity contribution in [1.82, 2.24) is 0 Å². The van der Waals surface area contributed by atoms with E-state index in [1.54, 1.807) is 12.1 Å². The largest absolute Gasteiger partial charge is 0.481 e. The summed E-state index contributed by atoms with van der Waals surface area (Å²) in [6.07, 6.45) is 0.595. The Morgan fingerprint density at radius 1 is 1.38 bits per heavy atom. The Morgan fingerprint density at radius 2 is 2.06 bits per heavy atom. The lowest BCUT2D eigenvalue weighted by atomic mass is 10.1. The number of rotatable bonds is 2. The third kappa shape index (κ3) is 1.92. The Balaban J connectivity index is 2.51. The molecule has 0 fully saturated rings. The van der Waals surface area contributed by atoms with Crippen molar-refractivity contribution in [2.24, 2.45) is 5.92 Å². The van der Waals surface area contributed by atoms with Gasteiger partial charge >= 0.3 is 5.97 Å². The van der Waals surface area contributed by atoms with Crippen molar-refractivity contribution in [3.05, 3.63) is 29.3 Å². The van der Waals surface area contributed by atoms with Gasteiger partial charge in [0.2, 0.25) is 0 Å². The van der Waals surface area contributed by atoms with E-state index in [2.05, 4.69) is 0 Å². The van der Waals surface area contributed by atoms with Gasteiger partial charge in [-0.25, -0.2) is 8.42 Å². The molecule has 0 amide bonds. The lowest BCUT2D eigenvalue weighted by Crippen LogP contribution is -2.13. The van der Waals surface area contributed by atoms with Crippen molar-refractivity contribution in [3.8, 4) is 0 Å². The van der Waals surface area contributed by atoms with Crippen molar-refractivity contribution in [3.63, 3.8) is 0 Å². The quantitative estimate of drug-likeness (QED) is 0.816. The Kier molecular flexibility index (Phi) is 2.67. The maximum absolute atomic E-state index is 11.3. The maximum Gasteiger partial charge on any atom is 0.307 e. The third-order valence-corrected chi connectivity index (χ3v) is 4.17. The first-order chi connectivity index (χ1) is 7.39. The van der Waals surface area contributed by atoms with Gasteiger partial charge in [0.05, 0.1) is 10.8 Å². The van der Waals surface area contributed by atoms with E-state index in [-0.39, 0.29) is 11.3 Å². The second kappa shape index (κ2) is 3.75. The normalized spacial score (nSPS) is 19.4. The minimum Gasteiger partial charge on any atom is -0.481 e. The third-order valence-electron chi connectivity index (χ3n) is 2.76. The van der Waals surface area contributed by atoms with E-state index in [4.69, 9.17) is 15.8 Å². The van der Waals surface area contributed by atoms with Crippen LogP contribution >= 0.6 is 10.7 Å². The van der Waals surface area contributed by atoms with Crippen LogP contribution in [0.3, 0.4) is 0 Å². The average molecular weight is 261 g/mol. The van der Waals surface area contributed by atoms with Crippen LogP contribution in [0.2, 0.25) is 0 Å². The number of benzene rings is 1. The molecular weight excluding hydrogens is 252 g/mol. The standard InChI is InChI=1S/C10H9ClO4S/c11-16(14,15)9-3-1-2-6-4-7(10(12)13)5-8(6)9/h1-3,7H,4-5H2,(H,12,13). The fourth-order valence-corrected chi connectivity index (χ4v) is 3.20. The predicted octanol–water partition coefficient (Wildman–Crippen LogP) is 1.41. The fourth-order valence-electron chi connectivity index (χ4n) is 2.02. The van der Waals surface area contributed by atoms with Crippen molar-refractivity contribution in [2.75, 3.05) is 0 Å². The maximum atomic E-state index is 11.3. The predicted molar refractivity (Wildman–Crippen MR) is 58.0 cm³/mol. The van der Waals surface area contributed by atoms with Gasteiger partial charge in [-0.15, -0.1) is 0 Å².